The summed E-state index contributed by atoms with van der Waals surface area (Å²) in [6, 6.07) is 8.24. The Labute approximate surface area is 133 Å². The van der Waals surface area contributed by atoms with Crippen LogP contribution in [0, 0.1) is 22.7 Å². The number of rotatable bonds is 4. The van der Waals surface area contributed by atoms with E-state index in [1.807, 2.05) is 0 Å². The molecule has 0 unspecified atom stereocenters. The molecule has 0 saturated carbocycles. The summed E-state index contributed by atoms with van der Waals surface area (Å²) in [6.45, 7) is 0.00966. The summed E-state index contributed by atoms with van der Waals surface area (Å²) in [5.74, 6) is 0. The normalized spacial score (nSPS) is 9.52. The minimum absolute atomic E-state index is 0.00966. The van der Waals surface area contributed by atoms with Crippen molar-refractivity contribution in [3.05, 3.63) is 33.3 Å². The Morgan fingerprint density at radius 1 is 1.29 bits per heavy atom. The minimum atomic E-state index is -0.361. The first kappa shape index (κ1) is 15.2. The maximum Gasteiger partial charge on any atom is 0.256 e. The fraction of sp³-hybridized carbons (Fsp3) is 0.0833. The molecule has 6 nitrogen and oxygen atoms in total. The summed E-state index contributed by atoms with van der Waals surface area (Å²) in [7, 11) is 0. The molecule has 0 atom stereocenters. The molecule has 0 fully saturated rings. The van der Waals surface area contributed by atoms with Crippen LogP contribution in [0.3, 0.4) is 0 Å². The van der Waals surface area contributed by atoms with E-state index in [-0.39, 0.29) is 12.3 Å². The molecule has 1 aromatic heterocycles. The number of aromatic nitrogens is 2. The largest absolute Gasteiger partial charge is 0.387 e. The van der Waals surface area contributed by atoms with Crippen LogP contribution in [0.25, 0.3) is 10.6 Å². The minimum Gasteiger partial charge on any atom is -0.387 e. The smallest absolute Gasteiger partial charge is 0.256 e. The molecule has 2 aromatic rings. The summed E-state index contributed by atoms with van der Waals surface area (Å²) in [4.78, 5) is 4.86. The first-order valence-electron chi connectivity index (χ1n) is 5.42. The standard InChI is InChI=1S/C12H5Cl2N5OS/c13-7-1-2-9(10(14)3-7)12-18-17-11(21-12)6-20-19-8(4-15)5-16/h1-3H,6H2. The highest BCUT2D eigenvalue weighted by Gasteiger charge is 2.11. The lowest BCUT2D eigenvalue weighted by Gasteiger charge is -1.99. The van der Waals surface area contributed by atoms with Crippen molar-refractivity contribution < 1.29 is 4.84 Å². The Balaban J connectivity index is 2.10. The molecular weight excluding hydrogens is 333 g/mol. The van der Waals surface area contributed by atoms with E-state index in [9.17, 15) is 0 Å². The third-order valence-corrected chi connectivity index (χ3v) is 3.66. The van der Waals surface area contributed by atoms with Gasteiger partial charge in [0.05, 0.1) is 5.02 Å². The van der Waals surface area contributed by atoms with Gasteiger partial charge in [0.15, 0.2) is 11.6 Å². The van der Waals surface area contributed by atoms with E-state index in [0.29, 0.717) is 25.6 Å². The lowest BCUT2D eigenvalue weighted by atomic mass is 10.2. The van der Waals surface area contributed by atoms with Gasteiger partial charge in [-0.05, 0) is 18.2 Å². The highest BCUT2D eigenvalue weighted by Crippen LogP contribution is 2.32. The van der Waals surface area contributed by atoms with Crippen molar-refractivity contribution in [3.8, 4) is 22.7 Å². The van der Waals surface area contributed by atoms with Crippen LogP contribution in [0.4, 0.5) is 0 Å². The van der Waals surface area contributed by atoms with Gasteiger partial charge in [-0.1, -0.05) is 39.7 Å². The lowest BCUT2D eigenvalue weighted by Crippen LogP contribution is -1.92. The third kappa shape index (κ3) is 3.89. The van der Waals surface area contributed by atoms with Crippen molar-refractivity contribution >= 4 is 40.3 Å². The Kier molecular flexibility index (Phi) is 5.07. The van der Waals surface area contributed by atoms with Gasteiger partial charge >= 0.3 is 0 Å². The Morgan fingerprint density at radius 3 is 2.71 bits per heavy atom. The van der Waals surface area contributed by atoms with Crippen LogP contribution in [0.2, 0.25) is 10.0 Å². The fourth-order valence-corrected chi connectivity index (χ4v) is 2.64. The van der Waals surface area contributed by atoms with Gasteiger partial charge in [-0.25, -0.2) is 0 Å². The zero-order valence-corrected chi connectivity index (χ0v) is 12.6. The first-order valence-corrected chi connectivity index (χ1v) is 6.99. The molecule has 1 heterocycles. The predicted octanol–water partition coefficient (Wildman–Crippen LogP) is 3.43. The highest BCUT2D eigenvalue weighted by molar-refractivity contribution is 7.14. The number of nitrogens with zero attached hydrogens (tertiary/aromatic N) is 5. The highest BCUT2D eigenvalue weighted by atomic mass is 35.5. The zero-order valence-electron chi connectivity index (χ0n) is 10.2. The Hall–Kier alpha value is -2.19. The summed E-state index contributed by atoms with van der Waals surface area (Å²) >= 11 is 13.2. The molecule has 0 aliphatic rings. The third-order valence-electron chi connectivity index (χ3n) is 2.18. The monoisotopic (exact) mass is 337 g/mol. The summed E-state index contributed by atoms with van der Waals surface area (Å²) in [6.07, 6.45) is 0. The van der Waals surface area contributed by atoms with Gasteiger partial charge in [-0.3, -0.25) is 0 Å². The number of benzene rings is 1. The van der Waals surface area contributed by atoms with E-state index in [1.165, 1.54) is 11.3 Å². The van der Waals surface area contributed by atoms with Crippen LogP contribution in [0.1, 0.15) is 5.01 Å². The molecule has 21 heavy (non-hydrogen) atoms. The average molecular weight is 338 g/mol. The number of oxime groups is 1. The van der Waals surface area contributed by atoms with Crippen LogP contribution < -0.4 is 0 Å². The predicted molar refractivity (Wildman–Crippen MR) is 78.8 cm³/mol. The molecule has 0 aliphatic heterocycles. The van der Waals surface area contributed by atoms with Crippen LogP contribution in [-0.4, -0.2) is 15.9 Å². The molecule has 0 radical (unpaired) electrons. The molecule has 0 bridgehead atoms. The lowest BCUT2D eigenvalue weighted by molar-refractivity contribution is 0.130. The topological polar surface area (TPSA) is 95.0 Å². The molecule has 0 aliphatic carbocycles. The summed E-state index contributed by atoms with van der Waals surface area (Å²) < 4.78 is 0. The molecule has 9 heteroatoms. The number of halogens is 2. The second-order valence-electron chi connectivity index (χ2n) is 3.56. The van der Waals surface area contributed by atoms with Crippen LogP contribution in [-0.2, 0) is 11.4 Å². The van der Waals surface area contributed by atoms with E-state index in [1.54, 1.807) is 30.3 Å². The van der Waals surface area contributed by atoms with E-state index in [2.05, 4.69) is 15.4 Å². The molecule has 0 N–H and O–H groups in total. The quantitative estimate of drug-likeness (QED) is 0.629. The molecule has 0 amide bonds. The van der Waals surface area contributed by atoms with Crippen molar-refractivity contribution in [2.75, 3.05) is 0 Å². The van der Waals surface area contributed by atoms with E-state index < -0.39 is 0 Å². The summed E-state index contributed by atoms with van der Waals surface area (Å²) in [5.41, 5.74) is 0.351. The molecular formula is C12H5Cl2N5OS. The van der Waals surface area contributed by atoms with Crippen molar-refractivity contribution in [2.24, 2.45) is 5.16 Å². The molecule has 0 saturated heterocycles. The maximum atomic E-state index is 8.49. The van der Waals surface area contributed by atoms with Gasteiger partial charge in [0, 0.05) is 10.6 Å². The van der Waals surface area contributed by atoms with Crippen molar-refractivity contribution in [1.82, 2.24) is 10.2 Å². The molecule has 104 valence electrons. The first-order chi connectivity index (χ1) is 10.1. The Morgan fingerprint density at radius 2 is 2.05 bits per heavy atom. The van der Waals surface area contributed by atoms with Crippen molar-refractivity contribution in [1.29, 1.82) is 10.5 Å². The second-order valence-corrected chi connectivity index (χ2v) is 5.47. The van der Waals surface area contributed by atoms with Gasteiger partial charge < -0.3 is 4.84 Å². The van der Waals surface area contributed by atoms with Crippen molar-refractivity contribution in [3.63, 3.8) is 0 Å². The van der Waals surface area contributed by atoms with Crippen molar-refractivity contribution in [2.45, 2.75) is 6.61 Å². The van der Waals surface area contributed by atoms with Gasteiger partial charge in [0.25, 0.3) is 5.71 Å². The van der Waals surface area contributed by atoms with Crippen LogP contribution in [0.5, 0.6) is 0 Å². The van der Waals surface area contributed by atoms with Gasteiger partial charge in [0.2, 0.25) is 0 Å². The fourth-order valence-electron chi connectivity index (χ4n) is 1.30. The van der Waals surface area contributed by atoms with Gasteiger partial charge in [-0.15, -0.1) is 10.2 Å². The van der Waals surface area contributed by atoms with Crippen LogP contribution >= 0.6 is 34.5 Å². The van der Waals surface area contributed by atoms with E-state index in [4.69, 9.17) is 38.6 Å². The average Bonchev–Trinajstić information content (AvgIpc) is 2.92. The number of nitriles is 2. The van der Waals surface area contributed by atoms with Gasteiger partial charge in [-0.2, -0.15) is 10.5 Å². The number of hydrogen-bond acceptors (Lipinski definition) is 7. The molecule has 1 aromatic carbocycles. The molecule has 0 spiro atoms. The van der Waals surface area contributed by atoms with Gasteiger partial charge in [0.1, 0.15) is 17.1 Å². The SMILES string of the molecule is N#CC(C#N)=NOCc1nnc(-c2ccc(Cl)cc2Cl)s1. The molecule has 2 rings (SSSR count). The summed E-state index contributed by atoms with van der Waals surface area (Å²) in [5, 5.41) is 30.4. The maximum absolute atomic E-state index is 8.49. The Bertz CT molecular complexity index is 759. The number of hydrogen-bond donors (Lipinski definition) is 0. The second kappa shape index (κ2) is 7.00. The zero-order chi connectivity index (χ0) is 15.2. The van der Waals surface area contributed by atoms with E-state index >= 15 is 0 Å². The van der Waals surface area contributed by atoms with E-state index in [0.717, 1.165) is 0 Å². The van der Waals surface area contributed by atoms with Crippen LogP contribution in [0.15, 0.2) is 23.4 Å².